The Morgan fingerprint density at radius 3 is 2.31 bits per heavy atom. The number of amides is 3. The second-order valence-corrected chi connectivity index (χ2v) is 8.22. The maximum absolute atomic E-state index is 12.8. The first-order valence-electron chi connectivity index (χ1n) is 10.1. The number of thiol groups is 2. The van der Waals surface area contributed by atoms with Gasteiger partial charge in [0.05, 0.1) is 6.04 Å². The van der Waals surface area contributed by atoms with Crippen LogP contribution in [0.25, 0.3) is 0 Å². The predicted molar refractivity (Wildman–Crippen MR) is 124 cm³/mol. The molecule has 12 heteroatoms. The SMILES string of the molecule is NC(CS)C(=O)N1CCCC1C(=O)NC(CS)C(=O)NC(Cc1ccc(O)cc1)C(=O)O. The van der Waals surface area contributed by atoms with E-state index in [2.05, 4.69) is 35.9 Å². The fourth-order valence-electron chi connectivity index (χ4n) is 3.40. The van der Waals surface area contributed by atoms with Crippen LogP contribution in [0.1, 0.15) is 18.4 Å². The quantitative estimate of drug-likeness (QED) is 0.213. The first kappa shape index (κ1) is 25.8. The third kappa shape index (κ3) is 6.78. The van der Waals surface area contributed by atoms with Crippen molar-refractivity contribution >= 4 is 48.9 Å². The molecule has 0 aromatic heterocycles. The maximum atomic E-state index is 12.8. The van der Waals surface area contributed by atoms with Crippen LogP contribution in [0.3, 0.4) is 0 Å². The number of carbonyl (C=O) groups is 4. The number of aliphatic carboxylic acids is 1. The lowest BCUT2D eigenvalue weighted by atomic mass is 10.1. The second kappa shape index (κ2) is 12.0. The number of phenolic OH excluding ortho intramolecular Hbond substituents is 1. The minimum Gasteiger partial charge on any atom is -0.508 e. The number of nitrogens with one attached hydrogen (secondary N) is 2. The molecule has 1 heterocycles. The van der Waals surface area contributed by atoms with Gasteiger partial charge in [-0.3, -0.25) is 14.4 Å². The summed E-state index contributed by atoms with van der Waals surface area (Å²) in [6, 6.07) is 2.01. The largest absolute Gasteiger partial charge is 0.508 e. The number of benzene rings is 1. The van der Waals surface area contributed by atoms with Crippen molar-refractivity contribution in [1.29, 1.82) is 0 Å². The molecule has 0 radical (unpaired) electrons. The molecule has 4 atom stereocenters. The summed E-state index contributed by atoms with van der Waals surface area (Å²) >= 11 is 8.13. The van der Waals surface area contributed by atoms with Gasteiger partial charge in [0, 0.05) is 24.5 Å². The number of aromatic hydroxyl groups is 1. The summed E-state index contributed by atoms with van der Waals surface area (Å²) in [5.74, 6) is -2.75. The van der Waals surface area contributed by atoms with Crippen LogP contribution in [0.5, 0.6) is 5.75 Å². The summed E-state index contributed by atoms with van der Waals surface area (Å²) in [6.07, 6.45) is 1.03. The van der Waals surface area contributed by atoms with E-state index in [-0.39, 0.29) is 29.6 Å². The van der Waals surface area contributed by atoms with Gasteiger partial charge in [0.2, 0.25) is 17.7 Å². The predicted octanol–water partition coefficient (Wildman–Crippen LogP) is -0.833. The number of hydrogen-bond donors (Lipinski definition) is 7. The van der Waals surface area contributed by atoms with Gasteiger partial charge in [0.25, 0.3) is 0 Å². The Morgan fingerprint density at radius 2 is 1.75 bits per heavy atom. The van der Waals surface area contributed by atoms with Crippen molar-refractivity contribution < 1.29 is 29.4 Å². The standard InChI is InChI=1S/C20H28N4O6S2/c21-13(9-31)19(28)24-7-1-2-16(24)18(27)23-15(10-32)17(26)22-14(20(29)30)8-11-3-5-12(25)6-4-11/h3-6,13-16,25,31-32H,1-2,7-10,21H2,(H,22,26)(H,23,27)(H,29,30). The number of nitrogens with zero attached hydrogens (tertiary/aromatic N) is 1. The highest BCUT2D eigenvalue weighted by molar-refractivity contribution is 7.80. The molecule has 1 aliphatic heterocycles. The molecule has 0 spiro atoms. The summed E-state index contributed by atoms with van der Waals surface area (Å²) in [4.78, 5) is 50.8. The monoisotopic (exact) mass is 484 g/mol. The van der Waals surface area contributed by atoms with E-state index < -0.39 is 42.0 Å². The van der Waals surface area contributed by atoms with E-state index in [9.17, 15) is 29.4 Å². The van der Waals surface area contributed by atoms with E-state index in [4.69, 9.17) is 5.73 Å². The molecule has 1 saturated heterocycles. The summed E-state index contributed by atoms with van der Waals surface area (Å²) in [5.41, 5.74) is 6.34. The van der Waals surface area contributed by atoms with Crippen LogP contribution in [0.2, 0.25) is 0 Å². The van der Waals surface area contributed by atoms with Crippen molar-refractivity contribution in [3.8, 4) is 5.75 Å². The number of nitrogens with two attached hydrogens (primary N) is 1. The van der Waals surface area contributed by atoms with Gasteiger partial charge in [0.1, 0.15) is 23.9 Å². The zero-order chi connectivity index (χ0) is 23.8. The molecule has 3 amide bonds. The molecular formula is C20H28N4O6S2. The molecule has 1 aromatic carbocycles. The fourth-order valence-corrected chi connectivity index (χ4v) is 3.81. The topological polar surface area (TPSA) is 162 Å². The van der Waals surface area contributed by atoms with Crippen molar-refractivity contribution in [3.05, 3.63) is 29.8 Å². The van der Waals surface area contributed by atoms with Gasteiger partial charge in [-0.2, -0.15) is 25.3 Å². The van der Waals surface area contributed by atoms with Gasteiger partial charge < -0.3 is 31.5 Å². The third-order valence-electron chi connectivity index (χ3n) is 5.16. The Kier molecular flexibility index (Phi) is 9.66. The molecule has 1 aliphatic rings. The molecule has 2 rings (SSSR count). The lowest BCUT2D eigenvalue weighted by Crippen LogP contribution is -2.57. The Bertz CT molecular complexity index is 838. The summed E-state index contributed by atoms with van der Waals surface area (Å²) in [6.45, 7) is 0.379. The first-order valence-corrected chi connectivity index (χ1v) is 11.3. The minimum atomic E-state index is -1.25. The van der Waals surface area contributed by atoms with Crippen molar-refractivity contribution in [1.82, 2.24) is 15.5 Å². The zero-order valence-electron chi connectivity index (χ0n) is 17.3. The molecule has 10 nitrogen and oxygen atoms in total. The Hall–Kier alpha value is -2.44. The highest BCUT2D eigenvalue weighted by Crippen LogP contribution is 2.19. The van der Waals surface area contributed by atoms with Crippen LogP contribution in [-0.4, -0.2) is 81.0 Å². The number of phenols is 1. The van der Waals surface area contributed by atoms with Crippen molar-refractivity contribution in [2.45, 2.75) is 43.4 Å². The molecule has 1 fully saturated rings. The smallest absolute Gasteiger partial charge is 0.326 e. The van der Waals surface area contributed by atoms with Gasteiger partial charge >= 0.3 is 5.97 Å². The number of rotatable bonds is 10. The molecule has 1 aromatic rings. The van der Waals surface area contributed by atoms with Crippen LogP contribution < -0.4 is 16.4 Å². The first-order chi connectivity index (χ1) is 15.2. The van der Waals surface area contributed by atoms with Gasteiger partial charge in [-0.15, -0.1) is 0 Å². The lowest BCUT2D eigenvalue weighted by molar-refractivity contribution is -0.142. The van der Waals surface area contributed by atoms with Crippen molar-refractivity contribution in [2.75, 3.05) is 18.1 Å². The normalized spacial score (nSPS) is 18.5. The van der Waals surface area contributed by atoms with Crippen molar-refractivity contribution in [3.63, 3.8) is 0 Å². The highest BCUT2D eigenvalue weighted by atomic mass is 32.1. The fraction of sp³-hybridized carbons (Fsp3) is 0.500. The second-order valence-electron chi connectivity index (χ2n) is 7.49. The van der Waals surface area contributed by atoms with Gasteiger partial charge in [-0.1, -0.05) is 12.1 Å². The Morgan fingerprint density at radius 1 is 1.09 bits per heavy atom. The number of carbonyl (C=O) groups excluding carboxylic acids is 3. The van der Waals surface area contributed by atoms with Crippen LogP contribution in [0, 0.1) is 0 Å². The number of likely N-dealkylation sites (tertiary alicyclic amines) is 1. The van der Waals surface area contributed by atoms with E-state index in [0.29, 0.717) is 24.9 Å². The summed E-state index contributed by atoms with van der Waals surface area (Å²) in [5, 5.41) is 23.8. The Balaban J connectivity index is 2.02. The number of carboxylic acid groups (broad SMARTS) is 1. The lowest BCUT2D eigenvalue weighted by Gasteiger charge is -2.28. The molecule has 6 N–H and O–H groups in total. The van der Waals surface area contributed by atoms with E-state index >= 15 is 0 Å². The number of carboxylic acids is 1. The van der Waals surface area contributed by atoms with E-state index in [1.165, 1.54) is 17.0 Å². The van der Waals surface area contributed by atoms with E-state index in [1.807, 2.05) is 0 Å². The van der Waals surface area contributed by atoms with Gasteiger partial charge in [0.15, 0.2) is 0 Å². The van der Waals surface area contributed by atoms with Crippen LogP contribution >= 0.6 is 25.3 Å². The summed E-state index contributed by atoms with van der Waals surface area (Å²) in [7, 11) is 0. The highest BCUT2D eigenvalue weighted by Gasteiger charge is 2.37. The van der Waals surface area contributed by atoms with Crippen LogP contribution in [0.4, 0.5) is 0 Å². The third-order valence-corrected chi connectivity index (χ3v) is 5.92. The molecule has 4 unspecified atom stereocenters. The van der Waals surface area contributed by atoms with Gasteiger partial charge in [-0.05, 0) is 30.5 Å². The van der Waals surface area contributed by atoms with E-state index in [0.717, 1.165) is 0 Å². The average Bonchev–Trinajstić information content (AvgIpc) is 3.27. The molecule has 32 heavy (non-hydrogen) atoms. The van der Waals surface area contributed by atoms with Gasteiger partial charge in [-0.25, -0.2) is 4.79 Å². The Labute approximate surface area is 196 Å². The molecular weight excluding hydrogens is 456 g/mol. The van der Waals surface area contributed by atoms with Crippen molar-refractivity contribution in [2.24, 2.45) is 5.73 Å². The molecule has 176 valence electrons. The molecule has 0 bridgehead atoms. The average molecular weight is 485 g/mol. The molecule has 0 saturated carbocycles. The van der Waals surface area contributed by atoms with Crippen LogP contribution in [0.15, 0.2) is 24.3 Å². The minimum absolute atomic E-state index is 0.0128. The summed E-state index contributed by atoms with van der Waals surface area (Å²) < 4.78 is 0. The van der Waals surface area contributed by atoms with Crippen LogP contribution in [-0.2, 0) is 25.6 Å². The molecule has 0 aliphatic carbocycles. The number of hydrogen-bond acceptors (Lipinski definition) is 8. The maximum Gasteiger partial charge on any atom is 0.326 e. The zero-order valence-corrected chi connectivity index (χ0v) is 19.1. The van der Waals surface area contributed by atoms with E-state index in [1.54, 1.807) is 12.1 Å².